The zero-order valence-corrected chi connectivity index (χ0v) is 11.8. The van der Waals surface area contributed by atoms with Gasteiger partial charge in [-0.2, -0.15) is 0 Å². The Hall–Kier alpha value is 0.200. The fraction of sp³-hybridized carbons (Fsp3) is 1.00. The Balaban J connectivity index is 2.61. The summed E-state index contributed by atoms with van der Waals surface area (Å²) in [5, 5.41) is 0. The zero-order chi connectivity index (χ0) is 12.2. The van der Waals surface area contributed by atoms with Crippen LogP contribution in [-0.4, -0.2) is 37.4 Å². The van der Waals surface area contributed by atoms with E-state index < -0.39 is 10.0 Å². The highest BCUT2D eigenvalue weighted by Crippen LogP contribution is 2.38. The quantitative estimate of drug-likeness (QED) is 0.718. The van der Waals surface area contributed by atoms with E-state index in [1.165, 1.54) is 0 Å². The lowest BCUT2D eigenvalue weighted by atomic mass is 9.75. The third-order valence-electron chi connectivity index (χ3n) is 4.01. The summed E-state index contributed by atoms with van der Waals surface area (Å²) in [5.41, 5.74) is 0.368. The molecule has 0 radical (unpaired) electrons. The molecule has 3 nitrogen and oxygen atoms in total. The lowest BCUT2D eigenvalue weighted by molar-refractivity contribution is 0.142. The molecule has 0 amide bonds. The Morgan fingerprint density at radius 1 is 1.19 bits per heavy atom. The second-order valence-corrected chi connectivity index (χ2v) is 7.08. The van der Waals surface area contributed by atoms with Crippen LogP contribution < -0.4 is 0 Å². The van der Waals surface area contributed by atoms with Crippen molar-refractivity contribution in [2.45, 2.75) is 39.5 Å². The van der Waals surface area contributed by atoms with Gasteiger partial charge in [-0.15, -0.1) is 11.6 Å². The molecule has 96 valence electrons. The second-order valence-electron chi connectivity index (χ2n) is 4.61. The van der Waals surface area contributed by atoms with Crippen LogP contribution in [0.4, 0.5) is 0 Å². The van der Waals surface area contributed by atoms with Crippen LogP contribution in [-0.2, 0) is 10.0 Å². The van der Waals surface area contributed by atoms with E-state index in [4.69, 9.17) is 11.6 Å². The smallest absolute Gasteiger partial charge is 0.212 e. The number of sulfonamides is 1. The summed E-state index contributed by atoms with van der Waals surface area (Å²) in [6.45, 7) is 5.74. The van der Waals surface area contributed by atoms with Crippen LogP contribution in [0.1, 0.15) is 39.5 Å². The van der Waals surface area contributed by atoms with Crippen molar-refractivity contribution in [2.24, 2.45) is 5.41 Å². The first-order chi connectivity index (χ1) is 7.49. The number of alkyl halides is 1. The van der Waals surface area contributed by atoms with Crippen LogP contribution in [0.15, 0.2) is 0 Å². The predicted molar refractivity (Wildman–Crippen MR) is 68.3 cm³/mol. The average molecular weight is 268 g/mol. The van der Waals surface area contributed by atoms with Crippen LogP contribution in [0.3, 0.4) is 0 Å². The summed E-state index contributed by atoms with van der Waals surface area (Å²) in [4.78, 5) is 0. The van der Waals surface area contributed by atoms with Crippen molar-refractivity contribution in [3.05, 3.63) is 0 Å². The molecule has 0 aromatic carbocycles. The first-order valence-electron chi connectivity index (χ1n) is 6.03. The maximum Gasteiger partial charge on any atom is 0.215 e. The number of nitrogens with zero attached hydrogens (tertiary/aromatic N) is 1. The standard InChI is InChI=1S/C11H22ClNO2S/c1-3-11(4-2)5-8-13(9-6-11)16(14,15)10-7-12/h3-10H2,1-2H3. The number of piperidine rings is 1. The van der Waals surface area contributed by atoms with E-state index in [2.05, 4.69) is 13.8 Å². The van der Waals surface area contributed by atoms with Gasteiger partial charge in [-0.25, -0.2) is 12.7 Å². The van der Waals surface area contributed by atoms with Crippen molar-refractivity contribution < 1.29 is 8.42 Å². The van der Waals surface area contributed by atoms with E-state index in [0.29, 0.717) is 18.5 Å². The van der Waals surface area contributed by atoms with Gasteiger partial charge in [0.1, 0.15) is 0 Å². The van der Waals surface area contributed by atoms with Crippen LogP contribution >= 0.6 is 11.6 Å². The number of hydrogen-bond acceptors (Lipinski definition) is 2. The molecule has 1 heterocycles. The molecule has 0 atom stereocenters. The summed E-state index contributed by atoms with van der Waals surface area (Å²) >= 11 is 5.51. The van der Waals surface area contributed by atoms with E-state index in [1.807, 2.05) is 0 Å². The van der Waals surface area contributed by atoms with Gasteiger partial charge in [0.2, 0.25) is 10.0 Å². The fourth-order valence-electron chi connectivity index (χ4n) is 2.42. The first kappa shape index (κ1) is 14.3. The topological polar surface area (TPSA) is 37.4 Å². The van der Waals surface area contributed by atoms with Gasteiger partial charge in [0.05, 0.1) is 5.75 Å². The van der Waals surface area contributed by atoms with Crippen molar-refractivity contribution in [3.8, 4) is 0 Å². The Labute approximate surface area is 104 Å². The lowest BCUT2D eigenvalue weighted by Crippen LogP contribution is -2.43. The molecule has 5 heteroatoms. The van der Waals surface area contributed by atoms with Crippen molar-refractivity contribution in [2.75, 3.05) is 24.7 Å². The van der Waals surface area contributed by atoms with Crippen molar-refractivity contribution >= 4 is 21.6 Å². The molecule has 0 saturated carbocycles. The molecule has 1 aliphatic rings. The number of halogens is 1. The number of rotatable bonds is 5. The fourth-order valence-corrected chi connectivity index (χ4v) is 4.20. The van der Waals surface area contributed by atoms with E-state index >= 15 is 0 Å². The van der Waals surface area contributed by atoms with Crippen LogP contribution in [0.25, 0.3) is 0 Å². The largest absolute Gasteiger partial charge is 0.215 e. The van der Waals surface area contributed by atoms with Gasteiger partial charge in [0, 0.05) is 19.0 Å². The molecule has 1 saturated heterocycles. The second kappa shape index (κ2) is 5.69. The molecule has 0 aromatic heterocycles. The summed E-state index contributed by atoms with van der Waals surface area (Å²) in [6, 6.07) is 0. The van der Waals surface area contributed by atoms with Crippen LogP contribution in [0, 0.1) is 5.41 Å². The van der Waals surface area contributed by atoms with Crippen LogP contribution in [0.5, 0.6) is 0 Å². The molecule has 16 heavy (non-hydrogen) atoms. The molecule has 1 aliphatic heterocycles. The van der Waals surface area contributed by atoms with Gasteiger partial charge in [0.15, 0.2) is 0 Å². The molecule has 0 aliphatic carbocycles. The average Bonchev–Trinajstić information content (AvgIpc) is 2.29. The molecule has 0 N–H and O–H groups in total. The van der Waals surface area contributed by atoms with Crippen molar-refractivity contribution in [1.29, 1.82) is 0 Å². The molecule has 1 fully saturated rings. The van der Waals surface area contributed by atoms with Gasteiger partial charge in [0.25, 0.3) is 0 Å². The minimum absolute atomic E-state index is 0.0693. The van der Waals surface area contributed by atoms with Gasteiger partial charge < -0.3 is 0 Å². The van der Waals surface area contributed by atoms with Crippen molar-refractivity contribution in [1.82, 2.24) is 4.31 Å². The lowest BCUT2D eigenvalue weighted by Gasteiger charge is -2.40. The molecule has 1 rings (SSSR count). The van der Waals surface area contributed by atoms with E-state index in [0.717, 1.165) is 25.7 Å². The minimum atomic E-state index is -3.10. The molecule has 0 unspecified atom stereocenters. The van der Waals surface area contributed by atoms with Gasteiger partial charge in [-0.3, -0.25) is 0 Å². The first-order valence-corrected chi connectivity index (χ1v) is 8.18. The molecule has 0 aromatic rings. The third-order valence-corrected chi connectivity index (χ3v) is 6.30. The Bertz CT molecular complexity index is 302. The summed E-state index contributed by atoms with van der Waals surface area (Å²) < 4.78 is 25.2. The SMILES string of the molecule is CCC1(CC)CCN(S(=O)(=O)CCCl)CC1. The molecule has 0 spiro atoms. The molecule has 0 bridgehead atoms. The zero-order valence-electron chi connectivity index (χ0n) is 10.2. The van der Waals surface area contributed by atoms with E-state index in [1.54, 1.807) is 4.31 Å². The Morgan fingerprint density at radius 2 is 1.69 bits per heavy atom. The Kier molecular flexibility index (Phi) is 5.08. The van der Waals surface area contributed by atoms with E-state index in [9.17, 15) is 8.42 Å². The highest BCUT2D eigenvalue weighted by molar-refractivity contribution is 7.89. The summed E-state index contributed by atoms with van der Waals surface area (Å²) in [5.74, 6) is 0.255. The minimum Gasteiger partial charge on any atom is -0.212 e. The summed E-state index contributed by atoms with van der Waals surface area (Å²) in [6.07, 6.45) is 4.27. The highest BCUT2D eigenvalue weighted by atomic mass is 35.5. The third kappa shape index (κ3) is 3.11. The predicted octanol–water partition coefficient (Wildman–Crippen LogP) is 2.46. The maximum absolute atomic E-state index is 11.8. The van der Waals surface area contributed by atoms with Crippen molar-refractivity contribution in [3.63, 3.8) is 0 Å². The van der Waals surface area contributed by atoms with Gasteiger partial charge in [-0.1, -0.05) is 26.7 Å². The Morgan fingerprint density at radius 3 is 2.06 bits per heavy atom. The van der Waals surface area contributed by atoms with Gasteiger partial charge in [-0.05, 0) is 18.3 Å². The maximum atomic E-state index is 11.8. The highest BCUT2D eigenvalue weighted by Gasteiger charge is 2.35. The molecular weight excluding hydrogens is 246 g/mol. The van der Waals surface area contributed by atoms with E-state index in [-0.39, 0.29) is 11.6 Å². The summed E-state index contributed by atoms with van der Waals surface area (Å²) in [7, 11) is -3.10. The molecular formula is C11H22ClNO2S. The number of hydrogen-bond donors (Lipinski definition) is 0. The monoisotopic (exact) mass is 267 g/mol. The normalized spacial score (nSPS) is 22.2. The van der Waals surface area contributed by atoms with Crippen LogP contribution in [0.2, 0.25) is 0 Å². The van der Waals surface area contributed by atoms with Gasteiger partial charge >= 0.3 is 0 Å².